The predicted octanol–water partition coefficient (Wildman–Crippen LogP) is 1.38. The van der Waals surface area contributed by atoms with Crippen LogP contribution in [0.1, 0.15) is 46.5 Å². The maximum absolute atomic E-state index is 12.1. The van der Waals surface area contributed by atoms with Crippen molar-refractivity contribution in [2.45, 2.75) is 52.5 Å². The smallest absolute Gasteiger partial charge is 0.315 e. The van der Waals surface area contributed by atoms with Crippen molar-refractivity contribution in [3.05, 3.63) is 0 Å². The van der Waals surface area contributed by atoms with Gasteiger partial charge in [-0.1, -0.05) is 20.8 Å². The van der Waals surface area contributed by atoms with E-state index in [1.165, 1.54) is 0 Å². The van der Waals surface area contributed by atoms with Crippen LogP contribution in [0.15, 0.2) is 4.99 Å². The van der Waals surface area contributed by atoms with Crippen LogP contribution < -0.4 is 10.6 Å². The van der Waals surface area contributed by atoms with Crippen LogP contribution in [0.3, 0.4) is 0 Å². The molecule has 9 heteroatoms. The quantitative estimate of drug-likeness (QED) is 0.376. The summed E-state index contributed by atoms with van der Waals surface area (Å²) in [5.41, 5.74) is -0.305. The van der Waals surface area contributed by atoms with Crippen molar-refractivity contribution in [1.82, 2.24) is 10.6 Å². The van der Waals surface area contributed by atoms with E-state index in [1.807, 2.05) is 6.92 Å². The molecule has 1 saturated carbocycles. The third-order valence-corrected chi connectivity index (χ3v) is 4.58. The monoisotopic (exact) mass is 369 g/mol. The fourth-order valence-corrected chi connectivity index (χ4v) is 3.99. The van der Waals surface area contributed by atoms with Crippen LogP contribution in [0.2, 0.25) is 0 Å². The van der Waals surface area contributed by atoms with Crippen LogP contribution in [0.4, 0.5) is 4.79 Å². The Kier molecular flexibility index (Phi) is 7.32. The molecule has 0 aliphatic heterocycles. The van der Waals surface area contributed by atoms with Gasteiger partial charge in [-0.15, -0.1) is 0 Å². The highest BCUT2D eigenvalue weighted by Crippen LogP contribution is 2.46. The van der Waals surface area contributed by atoms with Crippen molar-refractivity contribution in [1.29, 1.82) is 0 Å². The Balaban J connectivity index is 2.65. The summed E-state index contributed by atoms with van der Waals surface area (Å²) in [5.74, 6) is -3.70. The number of urea groups is 1. The Bertz CT molecular complexity index is 599. The molecule has 1 aliphatic rings. The molecule has 0 radical (unpaired) electrons. The average molecular weight is 369 g/mol. The van der Waals surface area contributed by atoms with Gasteiger partial charge in [-0.25, -0.2) is 14.6 Å². The second-order valence-corrected chi connectivity index (χ2v) is 8.15. The van der Waals surface area contributed by atoms with Crippen LogP contribution in [-0.4, -0.2) is 53.4 Å². The predicted molar refractivity (Wildman–Crippen MR) is 92.4 cm³/mol. The molecular weight excluding hydrogens is 342 g/mol. The van der Waals surface area contributed by atoms with Gasteiger partial charge in [0, 0.05) is 12.6 Å². The number of rotatable bonds is 8. The van der Waals surface area contributed by atoms with Crippen molar-refractivity contribution in [2.75, 3.05) is 13.1 Å². The Morgan fingerprint density at radius 2 is 1.88 bits per heavy atom. The maximum Gasteiger partial charge on any atom is 0.315 e. The molecule has 4 N–H and O–H groups in total. The van der Waals surface area contributed by atoms with E-state index in [-0.39, 0.29) is 23.4 Å². The first-order valence-corrected chi connectivity index (χ1v) is 8.49. The Morgan fingerprint density at radius 3 is 2.42 bits per heavy atom. The minimum absolute atomic E-state index is 0.0593. The number of aliphatic imine (C=N–C) groups is 1. The zero-order chi connectivity index (χ0) is 20.0. The number of carbonyl (C=O) groups excluding carboxylic acids is 2. The average Bonchev–Trinajstić information content (AvgIpc) is 2.46. The summed E-state index contributed by atoms with van der Waals surface area (Å²) in [6.07, 6.45) is 3.21. The third kappa shape index (κ3) is 7.23. The molecule has 1 rings (SSSR count). The van der Waals surface area contributed by atoms with Crippen LogP contribution in [0.5, 0.6) is 0 Å². The molecule has 3 atom stereocenters. The number of isocyanates is 1. The molecule has 0 spiro atoms. The summed E-state index contributed by atoms with van der Waals surface area (Å²) in [5, 5.41) is 23.0. The van der Waals surface area contributed by atoms with E-state index < -0.39 is 30.3 Å². The van der Waals surface area contributed by atoms with Crippen LogP contribution in [0, 0.1) is 16.7 Å². The van der Waals surface area contributed by atoms with Gasteiger partial charge in [0.25, 0.3) is 0 Å². The first-order chi connectivity index (χ1) is 12.0. The van der Waals surface area contributed by atoms with Gasteiger partial charge in [0.1, 0.15) is 0 Å². The number of amides is 2. The summed E-state index contributed by atoms with van der Waals surface area (Å²) in [7, 11) is 0. The zero-order valence-electron chi connectivity index (χ0n) is 15.4. The maximum atomic E-state index is 12.1. The standard InChI is InChI=1S/C17H27N3O6/c1-16(2)5-12(6-17(3,8-16)9-18-10-21)20-15(26)19-7-11(14(24)25)4-13(22)23/h11-12H,4-9H2,1-3H3,(H,22,23)(H,24,25)(H2,19,20,26). The molecule has 0 aromatic carbocycles. The van der Waals surface area contributed by atoms with Crippen LogP contribution in [-0.2, 0) is 14.4 Å². The molecule has 2 amide bonds. The Labute approximate surface area is 152 Å². The van der Waals surface area contributed by atoms with Gasteiger partial charge in [0.05, 0.1) is 18.9 Å². The van der Waals surface area contributed by atoms with Crippen molar-refractivity contribution >= 4 is 24.0 Å². The van der Waals surface area contributed by atoms with Crippen molar-refractivity contribution < 1.29 is 29.4 Å². The fraction of sp³-hybridized carbons (Fsp3) is 0.765. The molecule has 1 fully saturated rings. The third-order valence-electron chi connectivity index (χ3n) is 4.58. The number of nitrogens with one attached hydrogen (secondary N) is 2. The first kappa shape index (κ1) is 21.6. The number of aliphatic carboxylic acids is 2. The van der Waals surface area contributed by atoms with E-state index in [4.69, 9.17) is 10.2 Å². The number of carboxylic acids is 2. The van der Waals surface area contributed by atoms with Crippen LogP contribution >= 0.6 is 0 Å². The fourth-order valence-electron chi connectivity index (χ4n) is 3.99. The molecule has 1 aliphatic carbocycles. The SMILES string of the molecule is CC1(C)CC(NC(=O)NCC(CC(=O)O)C(=O)O)CC(C)(CN=C=O)C1. The molecule has 3 unspecified atom stereocenters. The Hall–Kier alpha value is -2.41. The lowest BCUT2D eigenvalue weighted by Crippen LogP contribution is -2.51. The van der Waals surface area contributed by atoms with Crippen molar-refractivity contribution in [2.24, 2.45) is 21.7 Å². The van der Waals surface area contributed by atoms with Gasteiger partial charge in [0.2, 0.25) is 6.08 Å². The van der Waals surface area contributed by atoms with Gasteiger partial charge in [-0.05, 0) is 30.1 Å². The molecule has 0 saturated heterocycles. The zero-order valence-corrected chi connectivity index (χ0v) is 15.4. The molecule has 0 bridgehead atoms. The topological polar surface area (TPSA) is 145 Å². The number of carboxylic acid groups (broad SMARTS) is 2. The highest BCUT2D eigenvalue weighted by atomic mass is 16.4. The van der Waals surface area contributed by atoms with Gasteiger partial charge in [-0.3, -0.25) is 9.59 Å². The van der Waals surface area contributed by atoms with Crippen LogP contribution in [0.25, 0.3) is 0 Å². The minimum atomic E-state index is -1.27. The van der Waals surface area contributed by atoms with E-state index in [2.05, 4.69) is 29.5 Å². The molecule has 146 valence electrons. The van der Waals surface area contributed by atoms with Crippen molar-refractivity contribution in [3.63, 3.8) is 0 Å². The number of nitrogens with zero attached hydrogens (tertiary/aromatic N) is 1. The molecule has 26 heavy (non-hydrogen) atoms. The minimum Gasteiger partial charge on any atom is -0.481 e. The normalized spacial score (nSPS) is 25.4. The highest BCUT2D eigenvalue weighted by molar-refractivity contribution is 5.79. The van der Waals surface area contributed by atoms with Gasteiger partial charge < -0.3 is 20.8 Å². The first-order valence-electron chi connectivity index (χ1n) is 8.49. The summed E-state index contributed by atoms with van der Waals surface area (Å²) < 4.78 is 0. The largest absolute Gasteiger partial charge is 0.481 e. The number of carbonyl (C=O) groups is 3. The van der Waals surface area contributed by atoms with Gasteiger partial charge >= 0.3 is 18.0 Å². The Morgan fingerprint density at radius 1 is 1.23 bits per heavy atom. The van der Waals surface area contributed by atoms with Gasteiger partial charge in [0.15, 0.2) is 0 Å². The molecular formula is C17H27N3O6. The summed E-state index contributed by atoms with van der Waals surface area (Å²) in [6.45, 7) is 6.23. The molecule has 0 aromatic heterocycles. The second-order valence-electron chi connectivity index (χ2n) is 8.15. The van der Waals surface area contributed by atoms with Crippen molar-refractivity contribution in [3.8, 4) is 0 Å². The second kappa shape index (κ2) is 8.80. The summed E-state index contributed by atoms with van der Waals surface area (Å²) in [6, 6.07) is -0.695. The number of hydrogen-bond donors (Lipinski definition) is 4. The highest BCUT2D eigenvalue weighted by Gasteiger charge is 2.41. The molecule has 0 aromatic rings. The van der Waals surface area contributed by atoms with E-state index in [9.17, 15) is 19.2 Å². The lowest BCUT2D eigenvalue weighted by Gasteiger charge is -2.46. The van der Waals surface area contributed by atoms with Gasteiger partial charge in [-0.2, -0.15) is 0 Å². The van der Waals surface area contributed by atoms with E-state index in [0.29, 0.717) is 13.0 Å². The van der Waals surface area contributed by atoms with E-state index in [1.54, 1.807) is 6.08 Å². The van der Waals surface area contributed by atoms with E-state index >= 15 is 0 Å². The molecule has 9 nitrogen and oxygen atoms in total. The lowest BCUT2D eigenvalue weighted by molar-refractivity contribution is -0.148. The van der Waals surface area contributed by atoms with E-state index in [0.717, 1.165) is 12.8 Å². The summed E-state index contributed by atoms with van der Waals surface area (Å²) >= 11 is 0. The number of hydrogen-bond acceptors (Lipinski definition) is 5. The molecule has 0 heterocycles. The lowest BCUT2D eigenvalue weighted by atomic mass is 9.62. The summed E-state index contributed by atoms with van der Waals surface area (Å²) in [4.78, 5) is 47.9.